The largest absolute Gasteiger partial charge is 0.378 e. The fourth-order valence-corrected chi connectivity index (χ4v) is 4.88. The van der Waals surface area contributed by atoms with Crippen LogP contribution in [0.5, 0.6) is 0 Å². The number of anilines is 3. The first-order valence-corrected chi connectivity index (χ1v) is 13.1. The van der Waals surface area contributed by atoms with Gasteiger partial charge >= 0.3 is 0 Å². The maximum atomic E-state index is 12.7. The van der Waals surface area contributed by atoms with Gasteiger partial charge in [-0.3, -0.25) is 14.4 Å². The molecule has 14 heteroatoms. The molecule has 2 saturated heterocycles. The molecule has 0 aliphatic carbocycles. The molecule has 1 atom stereocenters. The molecule has 0 radical (unpaired) electrons. The lowest BCUT2D eigenvalue weighted by Crippen LogP contribution is -2.48. The summed E-state index contributed by atoms with van der Waals surface area (Å²) in [5, 5.41) is 16.4. The van der Waals surface area contributed by atoms with Crippen molar-refractivity contribution in [3.8, 4) is 0 Å². The SMILES string of the molecule is NC(=O)c1nnc(N2CCC[C@@H](NC(=O)c3nccs3)C2)nc1Nc1ccc(C(=O)N2CCOCC2)cc1. The molecule has 1 aromatic carbocycles. The van der Waals surface area contributed by atoms with E-state index in [1.165, 1.54) is 11.3 Å². The van der Waals surface area contributed by atoms with Crippen LogP contribution in [0, 0.1) is 0 Å². The van der Waals surface area contributed by atoms with Crippen LogP contribution in [0.4, 0.5) is 17.5 Å². The van der Waals surface area contributed by atoms with E-state index in [1.54, 1.807) is 40.7 Å². The molecule has 2 aromatic heterocycles. The molecule has 0 bridgehead atoms. The second-order valence-electron chi connectivity index (χ2n) is 8.88. The summed E-state index contributed by atoms with van der Waals surface area (Å²) in [7, 11) is 0. The van der Waals surface area contributed by atoms with Crippen molar-refractivity contribution in [3.05, 3.63) is 52.1 Å². The highest BCUT2D eigenvalue weighted by molar-refractivity contribution is 7.11. The summed E-state index contributed by atoms with van der Waals surface area (Å²) in [4.78, 5) is 49.4. The van der Waals surface area contributed by atoms with Gasteiger partial charge in [0.1, 0.15) is 0 Å². The highest BCUT2D eigenvalue weighted by Gasteiger charge is 2.26. The number of aromatic nitrogens is 4. The summed E-state index contributed by atoms with van der Waals surface area (Å²) in [6.07, 6.45) is 3.21. The first kappa shape index (κ1) is 25.5. The van der Waals surface area contributed by atoms with E-state index in [0.29, 0.717) is 61.6 Å². The van der Waals surface area contributed by atoms with Gasteiger partial charge in [0, 0.05) is 55.0 Å². The van der Waals surface area contributed by atoms with Crippen LogP contribution in [-0.4, -0.2) is 88.2 Å². The summed E-state index contributed by atoms with van der Waals surface area (Å²) in [5.41, 5.74) is 6.57. The molecule has 3 aromatic rings. The number of rotatable bonds is 7. The van der Waals surface area contributed by atoms with E-state index in [9.17, 15) is 14.4 Å². The summed E-state index contributed by atoms with van der Waals surface area (Å²) in [6.45, 7) is 3.32. The molecule has 38 heavy (non-hydrogen) atoms. The molecule has 13 nitrogen and oxygen atoms in total. The molecule has 0 spiro atoms. The molecule has 2 fully saturated rings. The maximum Gasteiger partial charge on any atom is 0.280 e. The van der Waals surface area contributed by atoms with E-state index < -0.39 is 5.91 Å². The van der Waals surface area contributed by atoms with Gasteiger partial charge in [0.05, 0.1) is 13.2 Å². The molecule has 5 rings (SSSR count). The van der Waals surface area contributed by atoms with E-state index in [-0.39, 0.29) is 29.4 Å². The smallest absolute Gasteiger partial charge is 0.280 e. The highest BCUT2D eigenvalue weighted by atomic mass is 32.1. The number of piperidine rings is 1. The molecule has 198 valence electrons. The number of thiazole rings is 1. The van der Waals surface area contributed by atoms with Crippen LogP contribution in [-0.2, 0) is 4.74 Å². The standard InChI is InChI=1S/C24H27N9O4S/c25-19(34)18-20(27-16-5-3-15(4-6-16)23(36)32-9-11-37-12-10-32)29-24(31-30-18)33-8-1-2-17(14-33)28-21(35)22-26-7-13-38-22/h3-7,13,17H,1-2,8-12,14H2,(H2,25,34)(H,28,35)(H,27,29,31)/t17-/m1/s1. The minimum Gasteiger partial charge on any atom is -0.378 e. The quantitative estimate of drug-likeness (QED) is 0.396. The Morgan fingerprint density at radius 3 is 2.58 bits per heavy atom. The van der Waals surface area contributed by atoms with Crippen LogP contribution < -0.4 is 21.3 Å². The number of nitrogens with zero attached hydrogens (tertiary/aromatic N) is 6. The monoisotopic (exact) mass is 537 g/mol. The van der Waals surface area contributed by atoms with E-state index in [1.807, 2.05) is 4.90 Å². The fraction of sp³-hybridized carbons (Fsp3) is 0.375. The van der Waals surface area contributed by atoms with Gasteiger partial charge in [0.15, 0.2) is 16.5 Å². The van der Waals surface area contributed by atoms with Crippen LogP contribution in [0.25, 0.3) is 0 Å². The summed E-state index contributed by atoms with van der Waals surface area (Å²) >= 11 is 1.28. The zero-order valence-electron chi connectivity index (χ0n) is 20.5. The minimum absolute atomic E-state index is 0.0646. The van der Waals surface area contributed by atoms with Crippen molar-refractivity contribution in [3.63, 3.8) is 0 Å². The molecule has 0 saturated carbocycles. The van der Waals surface area contributed by atoms with Gasteiger partial charge < -0.3 is 30.9 Å². The number of hydrogen-bond donors (Lipinski definition) is 3. The number of amides is 3. The van der Waals surface area contributed by atoms with Crippen LogP contribution in [0.3, 0.4) is 0 Å². The van der Waals surface area contributed by atoms with E-state index in [2.05, 4.69) is 30.8 Å². The Balaban J connectivity index is 1.29. The molecule has 2 aliphatic rings. The Bertz CT molecular complexity index is 1300. The van der Waals surface area contributed by atoms with Crippen molar-refractivity contribution < 1.29 is 19.1 Å². The van der Waals surface area contributed by atoms with Gasteiger partial charge in [0.2, 0.25) is 5.95 Å². The van der Waals surface area contributed by atoms with E-state index in [0.717, 1.165) is 12.8 Å². The third kappa shape index (κ3) is 5.86. The molecule has 3 amide bonds. The normalized spacial score (nSPS) is 17.6. The van der Waals surface area contributed by atoms with Gasteiger partial charge in [-0.25, -0.2) is 4.98 Å². The van der Waals surface area contributed by atoms with E-state index in [4.69, 9.17) is 10.5 Å². The van der Waals surface area contributed by atoms with Crippen LogP contribution in [0.1, 0.15) is 43.5 Å². The van der Waals surface area contributed by atoms with Crippen molar-refractivity contribution >= 4 is 46.5 Å². The zero-order chi connectivity index (χ0) is 26.5. The van der Waals surface area contributed by atoms with E-state index >= 15 is 0 Å². The zero-order valence-corrected chi connectivity index (χ0v) is 21.3. The van der Waals surface area contributed by atoms with Gasteiger partial charge in [0.25, 0.3) is 17.7 Å². The molecular formula is C24H27N9O4S. The number of carbonyl (C=O) groups excluding carboxylic acids is 3. The average molecular weight is 538 g/mol. The predicted molar refractivity (Wildman–Crippen MR) is 140 cm³/mol. The van der Waals surface area contributed by atoms with Gasteiger partial charge in [-0.2, -0.15) is 4.98 Å². The van der Waals surface area contributed by atoms with Gasteiger partial charge in [-0.15, -0.1) is 21.5 Å². The summed E-state index contributed by atoms with van der Waals surface area (Å²) < 4.78 is 5.31. The van der Waals surface area contributed by atoms with Gasteiger partial charge in [-0.1, -0.05) is 0 Å². The number of ether oxygens (including phenoxy) is 1. The third-order valence-electron chi connectivity index (χ3n) is 6.27. The lowest BCUT2D eigenvalue weighted by Gasteiger charge is -2.32. The number of nitrogens with one attached hydrogen (secondary N) is 2. The van der Waals surface area contributed by atoms with Crippen molar-refractivity contribution in [2.75, 3.05) is 49.6 Å². The van der Waals surface area contributed by atoms with Crippen molar-refractivity contribution in [1.82, 2.24) is 30.4 Å². The maximum absolute atomic E-state index is 12.7. The van der Waals surface area contributed by atoms with Crippen molar-refractivity contribution in [1.29, 1.82) is 0 Å². The van der Waals surface area contributed by atoms with Crippen molar-refractivity contribution in [2.24, 2.45) is 5.73 Å². The second-order valence-corrected chi connectivity index (χ2v) is 9.77. The Morgan fingerprint density at radius 2 is 1.87 bits per heavy atom. The fourth-order valence-electron chi connectivity index (χ4n) is 4.35. The molecule has 2 aliphatic heterocycles. The number of hydrogen-bond acceptors (Lipinski definition) is 11. The summed E-state index contributed by atoms with van der Waals surface area (Å²) in [5.74, 6) is -0.586. The molecule has 4 heterocycles. The molecule has 0 unspecified atom stereocenters. The number of carbonyl (C=O) groups is 3. The number of morpholine rings is 1. The second kappa shape index (κ2) is 11.5. The minimum atomic E-state index is -0.773. The lowest BCUT2D eigenvalue weighted by molar-refractivity contribution is 0.0303. The van der Waals surface area contributed by atoms with Crippen LogP contribution >= 0.6 is 11.3 Å². The first-order valence-electron chi connectivity index (χ1n) is 12.2. The predicted octanol–water partition coefficient (Wildman–Crippen LogP) is 1.04. The third-order valence-corrected chi connectivity index (χ3v) is 7.04. The highest BCUT2D eigenvalue weighted by Crippen LogP contribution is 2.23. The summed E-state index contributed by atoms with van der Waals surface area (Å²) in [6, 6.07) is 6.75. The number of primary amides is 1. The first-order chi connectivity index (χ1) is 18.5. The van der Waals surface area contributed by atoms with Crippen LogP contribution in [0.15, 0.2) is 35.8 Å². The number of benzene rings is 1. The Morgan fingerprint density at radius 1 is 1.08 bits per heavy atom. The number of nitrogens with two attached hydrogens (primary N) is 1. The average Bonchev–Trinajstić information content (AvgIpc) is 3.49. The Hall–Kier alpha value is -4.17. The molecular weight excluding hydrogens is 510 g/mol. The van der Waals surface area contributed by atoms with Gasteiger partial charge in [-0.05, 0) is 37.1 Å². The Kier molecular flexibility index (Phi) is 7.70. The van der Waals surface area contributed by atoms with Crippen molar-refractivity contribution in [2.45, 2.75) is 18.9 Å². The molecule has 4 N–H and O–H groups in total. The Labute approximate surface area is 222 Å². The van der Waals surface area contributed by atoms with Crippen LogP contribution in [0.2, 0.25) is 0 Å². The lowest BCUT2D eigenvalue weighted by atomic mass is 10.1. The topological polar surface area (TPSA) is 169 Å².